The number of Topliss-reactive ketones (excluding diaryl/α,β-unsaturated/α-hetero) is 2. The third-order valence-corrected chi connectivity index (χ3v) is 18.9. The fourth-order valence-electron chi connectivity index (χ4n) is 12.8. The molecule has 7 aliphatic rings. The number of aliphatic imine (C=N–C) groups is 1. The normalized spacial score (nSPS) is 24.1. The number of imide groups is 1. The summed E-state index contributed by atoms with van der Waals surface area (Å²) >= 11 is 0. The molecule has 1 aliphatic carbocycles. The summed E-state index contributed by atoms with van der Waals surface area (Å²) in [5.74, 6) is -8.66. The van der Waals surface area contributed by atoms with Crippen molar-refractivity contribution in [3.05, 3.63) is 112 Å². The number of hydrogen-bond acceptors (Lipinski definition) is 21. The number of piperidine rings is 1. The monoisotopic (exact) mass is 1400 g/mol. The van der Waals surface area contributed by atoms with Gasteiger partial charge in [-0.1, -0.05) is 85.2 Å². The Labute approximate surface area is 587 Å². The molecule has 2 aromatic rings. The van der Waals surface area contributed by atoms with Gasteiger partial charge < -0.3 is 81.5 Å². The zero-order valence-electron chi connectivity index (χ0n) is 59.1. The number of primary amides is 1. The molecule has 9 rings (SSSR count). The molecule has 6 heterocycles. The highest BCUT2D eigenvalue weighted by Crippen LogP contribution is 2.46. The zero-order valence-corrected chi connectivity index (χ0v) is 59.1. The van der Waals surface area contributed by atoms with Gasteiger partial charge in [-0.05, 0) is 69.2 Å². The van der Waals surface area contributed by atoms with Gasteiger partial charge in [0.25, 0.3) is 17.7 Å². The number of hydrogen-bond donors (Lipinski definition) is 10. The van der Waals surface area contributed by atoms with Gasteiger partial charge in [0.1, 0.15) is 47.7 Å². The van der Waals surface area contributed by atoms with E-state index in [0.29, 0.717) is 30.5 Å². The highest BCUT2D eigenvalue weighted by molar-refractivity contribution is 6.34. The number of ketones is 2. The number of carbonyl (C=O) groups excluding carboxylic acids is 11. The summed E-state index contributed by atoms with van der Waals surface area (Å²) in [6.45, 7) is 16.0. The molecule has 101 heavy (non-hydrogen) atoms. The quantitative estimate of drug-likeness (QED) is 0.0304. The number of nitrogens with one attached hydrogen (secondary N) is 6. The number of unbranched alkanes of at least 4 members (excludes halogenated alkanes) is 2. The molecular weight excluding hydrogens is 1310 g/mol. The van der Waals surface area contributed by atoms with Crippen molar-refractivity contribution in [1.82, 2.24) is 36.4 Å². The van der Waals surface area contributed by atoms with E-state index in [4.69, 9.17) is 34.4 Å². The predicted molar refractivity (Wildman–Crippen MR) is 369 cm³/mol. The van der Waals surface area contributed by atoms with E-state index in [-0.39, 0.29) is 140 Å². The van der Waals surface area contributed by atoms with Crippen molar-refractivity contribution in [1.29, 1.82) is 0 Å². The second-order valence-electron chi connectivity index (χ2n) is 26.5. The fourth-order valence-corrected chi connectivity index (χ4v) is 12.8. The Morgan fingerprint density at radius 3 is 2.17 bits per heavy atom. The molecule has 1 saturated heterocycles. The topological polar surface area (TPSA) is 412 Å². The number of nitrogens with two attached hydrogens (primary N) is 1. The van der Waals surface area contributed by atoms with Crippen LogP contribution in [0, 0.1) is 36.5 Å². The number of carbonyl (C=O) groups is 11. The van der Waals surface area contributed by atoms with Crippen molar-refractivity contribution in [2.45, 2.75) is 176 Å². The molecule has 29 heteroatoms. The number of aliphatic hydroxyl groups excluding tert-OH is 2. The molecule has 1 fully saturated rings. The van der Waals surface area contributed by atoms with E-state index in [9.17, 15) is 63.3 Å². The van der Waals surface area contributed by atoms with Crippen LogP contribution in [0.2, 0.25) is 0 Å². The number of phenols is 1. The maximum atomic E-state index is 15.1. The summed E-state index contributed by atoms with van der Waals surface area (Å²) in [7, 11) is 1.45. The number of ether oxygens (including phenoxy) is 5. The number of nitrogens with zero attached hydrogens (tertiary/aromatic N) is 3. The number of urea groups is 1. The average molecular weight is 1410 g/mol. The minimum Gasteiger partial charge on any atom is -0.507 e. The number of fused-ring (bicyclic) bond motifs is 1. The lowest BCUT2D eigenvalue weighted by Crippen LogP contribution is -2.54. The summed E-state index contributed by atoms with van der Waals surface area (Å²) in [4.78, 5) is 154. The maximum absolute atomic E-state index is 15.1. The van der Waals surface area contributed by atoms with Gasteiger partial charge in [0.2, 0.25) is 30.3 Å². The molecule has 1 spiro atoms. The van der Waals surface area contributed by atoms with Gasteiger partial charge in [-0.2, -0.15) is 0 Å². The first-order valence-electron chi connectivity index (χ1n) is 34.1. The van der Waals surface area contributed by atoms with Crippen LogP contribution in [0.4, 0.5) is 15.3 Å². The molecule has 0 radical (unpaired) electrons. The summed E-state index contributed by atoms with van der Waals surface area (Å²) in [5.41, 5.74) is 4.43. The Morgan fingerprint density at radius 1 is 0.851 bits per heavy atom. The smallest absolute Gasteiger partial charge is 0.410 e. The van der Waals surface area contributed by atoms with Crippen LogP contribution in [0.3, 0.4) is 0 Å². The SMILES string of the molecule is CCC(=O)c1c2c(C)c(O)c3c1C1=NC4(CCN(C(=O)OCc5ccc(NC(=O)[C@H](CCCNC(N)=O)NC(=O)[C@@H](NC(=O)CCCCCN6C(=O)C=CC6=O)C(C)C)cc5)CC4)NC1=C(NC(=O)/C(C)=C\C=C\[C@H](C)[C@H](O)[C@@H](C)[C@@H](O)[C@@H](C)[C@H](OC(C)=O)[C@H](C)[C@@H](OC)/C=C/OCO2)C3=O. The molecular formula is C72H96N10O19. The van der Waals surface area contributed by atoms with Crippen molar-refractivity contribution in [3.63, 3.8) is 0 Å². The summed E-state index contributed by atoms with van der Waals surface area (Å²) < 4.78 is 29.4. The number of benzene rings is 2. The molecule has 29 nitrogen and oxygen atoms in total. The van der Waals surface area contributed by atoms with Crippen LogP contribution in [0.25, 0.3) is 0 Å². The molecule has 0 aromatic heterocycles. The molecule has 6 aliphatic heterocycles. The molecule has 548 valence electrons. The molecule has 2 aromatic carbocycles. The van der Waals surface area contributed by atoms with Crippen molar-refractivity contribution >= 4 is 76.5 Å². The summed E-state index contributed by atoms with van der Waals surface area (Å²) in [6, 6.07) is 3.51. The van der Waals surface area contributed by atoms with Gasteiger partial charge in [0.05, 0.1) is 47.1 Å². The van der Waals surface area contributed by atoms with Crippen LogP contribution in [0.15, 0.2) is 88.9 Å². The van der Waals surface area contributed by atoms with E-state index in [1.54, 1.807) is 91.0 Å². The molecule has 0 unspecified atom stereocenters. The molecule has 4 bridgehead atoms. The average Bonchev–Trinajstić information content (AvgIpc) is 1.64. The molecule has 10 atom stereocenters. The second-order valence-corrected chi connectivity index (χ2v) is 26.5. The summed E-state index contributed by atoms with van der Waals surface area (Å²) in [5, 5.41) is 52.2. The number of aromatic hydroxyl groups is 1. The number of esters is 1. The lowest BCUT2D eigenvalue weighted by atomic mass is 9.78. The van der Waals surface area contributed by atoms with Crippen molar-refractivity contribution in [2.75, 3.05) is 45.4 Å². The highest BCUT2D eigenvalue weighted by atomic mass is 16.7. The van der Waals surface area contributed by atoms with Crippen LogP contribution < -0.4 is 42.4 Å². The van der Waals surface area contributed by atoms with Crippen molar-refractivity contribution in [2.24, 2.45) is 40.3 Å². The van der Waals surface area contributed by atoms with E-state index in [0.717, 1.165) is 4.90 Å². The fraction of sp³-hybridized carbons (Fsp3) is 0.528. The minimum absolute atomic E-state index is 0.00981. The lowest BCUT2D eigenvalue weighted by Gasteiger charge is -2.38. The van der Waals surface area contributed by atoms with Crippen LogP contribution in [0.1, 0.15) is 158 Å². The van der Waals surface area contributed by atoms with Gasteiger partial charge in [-0.3, -0.25) is 53.0 Å². The third-order valence-electron chi connectivity index (χ3n) is 18.9. The van der Waals surface area contributed by atoms with E-state index < -0.39 is 132 Å². The van der Waals surface area contributed by atoms with E-state index in [1.165, 1.54) is 57.3 Å². The number of methoxy groups -OCH3 is 1. The van der Waals surface area contributed by atoms with Crippen LogP contribution in [-0.4, -0.2) is 178 Å². The highest BCUT2D eigenvalue weighted by Gasteiger charge is 2.49. The Morgan fingerprint density at radius 2 is 1.53 bits per heavy atom. The third kappa shape index (κ3) is 19.6. The number of amides is 9. The zero-order chi connectivity index (χ0) is 74.2. The second kappa shape index (κ2) is 35.5. The van der Waals surface area contributed by atoms with E-state index in [2.05, 4.69) is 31.9 Å². The largest absolute Gasteiger partial charge is 0.507 e. The number of likely N-dealkylation sites (tertiary alicyclic amines) is 1. The Hall–Kier alpha value is -9.74. The van der Waals surface area contributed by atoms with Gasteiger partial charge in [0.15, 0.2) is 5.78 Å². The maximum Gasteiger partial charge on any atom is 0.410 e. The van der Waals surface area contributed by atoms with Crippen molar-refractivity contribution in [3.8, 4) is 11.5 Å². The molecule has 9 amide bonds. The Kier molecular flexibility index (Phi) is 27.7. The summed E-state index contributed by atoms with van der Waals surface area (Å²) in [6.07, 6.45) is 7.37. The molecule has 0 saturated carbocycles. The molecule has 11 N–H and O–H groups in total. The number of rotatable bonds is 22. The predicted octanol–water partition coefficient (Wildman–Crippen LogP) is 5.43. The minimum atomic E-state index is -1.24. The van der Waals surface area contributed by atoms with Crippen LogP contribution in [-0.2, 0) is 59.1 Å². The number of allylic oxidation sites excluding steroid dienone is 4. The standard InChI is InChI=1S/C72H96N10O19/c1-12-49(84)54-55-56-63(90)44(9)66(54)100-37-98-35-28-50(97-11)41(6)65(101-45(10)83)43(8)62(89)42(7)61(88)39(4)18-16-19-40(5)67(92)78-60(64(56)91)59-58(55)79-72(80-59)29-33-81(34-30-72)71(96)99-36-46-22-24-47(25-23-46)75-68(93)48(20-17-31-74-70(73)95)76-69(94)57(38(2)3)77-51(85)21-14-13-15-32-82-52(86)26-27-53(82)87/h16,18-19,22-28,35,38-39,41-43,48,50,57,61-62,65,80,88-90H,12-15,17,20-21,29-34,36-37H2,1-11H3,(H,75,93)(H,76,94)(H,77,85)(H,78,92)(H3,73,74,95)/b18-16+,35-28+,40-19-/t39-,41+,42+,43+,48-,50-,57-,61-,62+,65+/m0/s1. The number of aliphatic hydroxyl groups is 2. The van der Waals surface area contributed by atoms with Gasteiger partial charge >= 0.3 is 18.1 Å². The van der Waals surface area contributed by atoms with Gasteiger partial charge in [-0.25, -0.2) is 9.59 Å². The van der Waals surface area contributed by atoms with Gasteiger partial charge in [0, 0.05) is 124 Å². The number of anilines is 1. The first-order valence-corrected chi connectivity index (χ1v) is 34.1. The van der Waals surface area contributed by atoms with Crippen LogP contribution in [0.5, 0.6) is 11.5 Å². The number of phenolic OH excluding ortho intramolecular Hbond substituents is 1. The van der Waals surface area contributed by atoms with E-state index in [1.807, 2.05) is 0 Å². The Balaban J connectivity index is 1.06. The van der Waals surface area contributed by atoms with Crippen molar-refractivity contribution < 1.29 is 91.7 Å². The van der Waals surface area contributed by atoms with Gasteiger partial charge in [-0.15, -0.1) is 0 Å². The first-order chi connectivity index (χ1) is 47.9. The van der Waals surface area contributed by atoms with E-state index >= 15 is 4.79 Å². The Bertz CT molecular complexity index is 3640. The first kappa shape index (κ1) is 78.6. The lowest BCUT2D eigenvalue weighted by molar-refractivity contribution is -0.160. The van der Waals surface area contributed by atoms with Crippen LogP contribution >= 0.6 is 0 Å².